The third-order valence-electron chi connectivity index (χ3n) is 5.99. The summed E-state index contributed by atoms with van der Waals surface area (Å²) < 4.78 is 38.0. The second-order valence-electron chi connectivity index (χ2n) is 8.28. The molecule has 3 aromatic rings. The molecule has 0 aliphatic carbocycles. The van der Waals surface area contributed by atoms with Gasteiger partial charge in [0.2, 0.25) is 5.91 Å². The van der Waals surface area contributed by atoms with Gasteiger partial charge in [0.25, 0.3) is 0 Å². The van der Waals surface area contributed by atoms with Gasteiger partial charge in [0.15, 0.2) is 0 Å². The smallest absolute Gasteiger partial charge is 0.222 e. The summed E-state index contributed by atoms with van der Waals surface area (Å²) in [4.78, 5) is 18.5. The third-order valence-corrected chi connectivity index (χ3v) is 5.99. The molecule has 2 N–H and O–H groups in total. The lowest BCUT2D eigenvalue weighted by molar-refractivity contribution is -0.138. The first-order valence-corrected chi connectivity index (χ1v) is 11.0. The molecule has 4 rings (SSSR count). The number of rotatable bonds is 6. The van der Waals surface area contributed by atoms with Crippen LogP contribution in [0.25, 0.3) is 16.9 Å². The summed E-state index contributed by atoms with van der Waals surface area (Å²) in [6, 6.07) is 5.96. The molecule has 2 atom stereocenters. The van der Waals surface area contributed by atoms with Gasteiger partial charge in [-0.05, 0) is 43.8 Å². The minimum Gasteiger partial charge on any atom is -0.374 e. The number of aromatic nitrogens is 2. The van der Waals surface area contributed by atoms with E-state index in [1.54, 1.807) is 4.90 Å². The Kier molecular flexibility index (Phi) is 6.73. The van der Waals surface area contributed by atoms with E-state index in [9.17, 15) is 9.90 Å². The van der Waals surface area contributed by atoms with Gasteiger partial charge in [-0.2, -0.15) is 0 Å². The van der Waals surface area contributed by atoms with Crippen LogP contribution in [0, 0.1) is 18.6 Å². The number of aryl methyl sites for hydroxylation is 1. The Morgan fingerprint density at radius 1 is 1.33 bits per heavy atom. The zero-order valence-corrected chi connectivity index (χ0v) is 18.9. The number of imidazole rings is 1. The van der Waals surface area contributed by atoms with Crippen LogP contribution in [-0.4, -0.2) is 58.1 Å². The highest BCUT2D eigenvalue weighted by Gasteiger charge is 2.28. The van der Waals surface area contributed by atoms with E-state index in [2.05, 4.69) is 10.3 Å². The zero-order valence-electron chi connectivity index (χ0n) is 18.9. The largest absolute Gasteiger partial charge is 0.374 e. The van der Waals surface area contributed by atoms with Crippen molar-refractivity contribution in [3.05, 3.63) is 58.9 Å². The first kappa shape index (κ1) is 23.3. The number of morpholine rings is 1. The number of halogens is 2. The standard InChI is InChI=1S/C24H28F2N4O3/c1-4-21(31)29-7-8-33-16(13-29)12-19-23(28-20-9-14(2)5-6-30(19)20)22-17(25)10-15(11-18(22)26)24(32)27-3/h5-6,9-11,16,24,27,32H,4,7-8,12-13H2,1-3H3/t16-,24?/m0/s1. The van der Waals surface area contributed by atoms with Crippen molar-refractivity contribution in [2.75, 3.05) is 26.7 Å². The number of benzene rings is 1. The molecular weight excluding hydrogens is 430 g/mol. The van der Waals surface area contributed by atoms with Crippen LogP contribution < -0.4 is 5.32 Å². The Morgan fingerprint density at radius 3 is 2.73 bits per heavy atom. The molecule has 1 amide bonds. The minimum atomic E-state index is -1.19. The van der Waals surface area contributed by atoms with Crippen molar-refractivity contribution in [2.24, 2.45) is 0 Å². The molecule has 7 nitrogen and oxygen atoms in total. The fourth-order valence-corrected chi connectivity index (χ4v) is 4.24. The summed E-state index contributed by atoms with van der Waals surface area (Å²) in [5, 5.41) is 12.5. The highest BCUT2D eigenvalue weighted by atomic mass is 19.1. The third kappa shape index (κ3) is 4.62. The molecule has 176 valence electrons. The molecule has 2 aromatic heterocycles. The van der Waals surface area contributed by atoms with Gasteiger partial charge >= 0.3 is 0 Å². The number of aliphatic hydroxyl groups excluding tert-OH is 1. The predicted octanol–water partition coefficient (Wildman–Crippen LogP) is 2.98. The van der Waals surface area contributed by atoms with Crippen LogP contribution in [0.4, 0.5) is 8.78 Å². The van der Waals surface area contributed by atoms with Crippen LogP contribution in [0.3, 0.4) is 0 Å². The van der Waals surface area contributed by atoms with Crippen LogP contribution in [0.5, 0.6) is 0 Å². The first-order chi connectivity index (χ1) is 15.8. The predicted molar refractivity (Wildman–Crippen MR) is 120 cm³/mol. The van der Waals surface area contributed by atoms with Gasteiger partial charge < -0.3 is 19.1 Å². The molecule has 1 aliphatic rings. The highest BCUT2D eigenvalue weighted by molar-refractivity contribution is 5.76. The lowest BCUT2D eigenvalue weighted by atomic mass is 10.0. The average Bonchev–Trinajstić information content (AvgIpc) is 3.14. The molecule has 0 radical (unpaired) electrons. The first-order valence-electron chi connectivity index (χ1n) is 11.0. The van der Waals surface area contributed by atoms with Crippen molar-refractivity contribution in [1.82, 2.24) is 19.6 Å². The number of nitrogens with zero attached hydrogens (tertiary/aromatic N) is 3. The van der Waals surface area contributed by atoms with Crippen molar-refractivity contribution in [1.29, 1.82) is 0 Å². The molecular formula is C24H28F2N4O3. The number of ether oxygens (including phenoxy) is 1. The number of aliphatic hydroxyl groups is 1. The quantitative estimate of drug-likeness (QED) is 0.556. The molecule has 33 heavy (non-hydrogen) atoms. The normalized spacial score (nSPS) is 17.5. The van der Waals surface area contributed by atoms with E-state index in [0.29, 0.717) is 43.9 Å². The maximum atomic E-state index is 15.2. The summed E-state index contributed by atoms with van der Waals surface area (Å²) in [5.41, 5.74) is 2.14. The van der Waals surface area contributed by atoms with Gasteiger partial charge in [-0.3, -0.25) is 10.1 Å². The average molecular weight is 459 g/mol. The van der Waals surface area contributed by atoms with E-state index in [4.69, 9.17) is 4.74 Å². The van der Waals surface area contributed by atoms with Crippen LogP contribution in [-0.2, 0) is 16.0 Å². The lowest BCUT2D eigenvalue weighted by Gasteiger charge is -2.33. The fraction of sp³-hybridized carbons (Fsp3) is 0.417. The number of pyridine rings is 1. The van der Waals surface area contributed by atoms with E-state index in [1.807, 2.05) is 36.6 Å². The Morgan fingerprint density at radius 2 is 2.06 bits per heavy atom. The summed E-state index contributed by atoms with van der Waals surface area (Å²) in [5.74, 6) is -1.57. The van der Waals surface area contributed by atoms with E-state index < -0.39 is 17.9 Å². The fourth-order valence-electron chi connectivity index (χ4n) is 4.24. The highest BCUT2D eigenvalue weighted by Crippen LogP contribution is 2.33. The Bertz CT molecular complexity index is 1160. The second kappa shape index (κ2) is 9.54. The number of fused-ring (bicyclic) bond motifs is 1. The molecule has 1 fully saturated rings. The Hall–Kier alpha value is -2.88. The van der Waals surface area contributed by atoms with Gasteiger partial charge in [0, 0.05) is 37.7 Å². The Balaban J connectivity index is 1.78. The number of nitrogens with one attached hydrogen (secondary N) is 1. The molecule has 9 heteroatoms. The van der Waals surface area contributed by atoms with E-state index in [-0.39, 0.29) is 28.8 Å². The van der Waals surface area contributed by atoms with Crippen LogP contribution in [0.15, 0.2) is 30.5 Å². The van der Waals surface area contributed by atoms with Crippen LogP contribution >= 0.6 is 0 Å². The van der Waals surface area contributed by atoms with E-state index >= 15 is 8.78 Å². The van der Waals surface area contributed by atoms with Crippen molar-refractivity contribution >= 4 is 11.6 Å². The molecule has 1 saturated heterocycles. The van der Waals surface area contributed by atoms with Gasteiger partial charge in [0.1, 0.15) is 23.5 Å². The summed E-state index contributed by atoms with van der Waals surface area (Å²) in [6.07, 6.45) is 1.04. The van der Waals surface area contributed by atoms with Crippen LogP contribution in [0.1, 0.15) is 36.4 Å². The summed E-state index contributed by atoms with van der Waals surface area (Å²) >= 11 is 0. The number of amides is 1. The molecule has 1 unspecified atom stereocenters. The van der Waals surface area contributed by atoms with Crippen molar-refractivity contribution in [3.63, 3.8) is 0 Å². The lowest BCUT2D eigenvalue weighted by Crippen LogP contribution is -2.46. The topological polar surface area (TPSA) is 79.1 Å². The van der Waals surface area contributed by atoms with Crippen LogP contribution in [0.2, 0.25) is 0 Å². The van der Waals surface area contributed by atoms with Crippen molar-refractivity contribution in [3.8, 4) is 11.3 Å². The SMILES string of the molecule is CCC(=O)N1CCO[C@@H](Cc2c(-c3c(F)cc(C(O)NC)cc3F)nc3cc(C)ccn23)C1. The minimum absolute atomic E-state index is 0.0491. The molecule has 0 spiro atoms. The number of hydrogen-bond acceptors (Lipinski definition) is 5. The van der Waals surface area contributed by atoms with Gasteiger partial charge in [-0.25, -0.2) is 13.8 Å². The number of carbonyl (C=O) groups excluding carboxylic acids is 1. The molecule has 1 aromatic carbocycles. The monoisotopic (exact) mass is 458 g/mol. The van der Waals surface area contributed by atoms with Crippen molar-refractivity contribution < 1.29 is 23.4 Å². The maximum absolute atomic E-state index is 15.2. The zero-order chi connectivity index (χ0) is 23.7. The molecule has 1 aliphatic heterocycles. The van der Waals surface area contributed by atoms with Crippen molar-refractivity contribution in [2.45, 2.75) is 39.0 Å². The summed E-state index contributed by atoms with van der Waals surface area (Å²) in [7, 11) is 1.49. The number of hydrogen-bond donors (Lipinski definition) is 2. The van der Waals surface area contributed by atoms with Gasteiger partial charge in [0.05, 0.1) is 29.7 Å². The van der Waals surface area contributed by atoms with Gasteiger partial charge in [-0.1, -0.05) is 6.92 Å². The van der Waals surface area contributed by atoms with E-state index in [0.717, 1.165) is 17.7 Å². The summed E-state index contributed by atoms with van der Waals surface area (Å²) in [6.45, 7) is 5.07. The second-order valence-corrected chi connectivity index (χ2v) is 8.28. The molecule has 3 heterocycles. The maximum Gasteiger partial charge on any atom is 0.222 e. The molecule has 0 bridgehead atoms. The van der Waals surface area contributed by atoms with Gasteiger partial charge in [-0.15, -0.1) is 0 Å². The van der Waals surface area contributed by atoms with E-state index in [1.165, 1.54) is 7.05 Å². The number of carbonyl (C=O) groups is 1. The molecule has 0 saturated carbocycles. The Labute approximate surface area is 191 Å².